The van der Waals surface area contributed by atoms with Crippen molar-refractivity contribution in [2.75, 3.05) is 38.1 Å². The van der Waals surface area contributed by atoms with Gasteiger partial charge in [-0.2, -0.15) is 0 Å². The molecular formula is C25H26ClN5O2S. The molecule has 5 heterocycles. The van der Waals surface area contributed by atoms with Crippen molar-refractivity contribution in [2.45, 2.75) is 31.8 Å². The highest BCUT2D eigenvalue weighted by atomic mass is 35.5. The molecule has 1 atom stereocenters. The molecule has 2 fully saturated rings. The van der Waals surface area contributed by atoms with Crippen LogP contribution < -0.4 is 10.2 Å². The van der Waals surface area contributed by atoms with E-state index < -0.39 is 0 Å². The van der Waals surface area contributed by atoms with Crippen LogP contribution in [-0.4, -0.2) is 66.0 Å². The van der Waals surface area contributed by atoms with Crippen LogP contribution in [0.3, 0.4) is 0 Å². The second kappa shape index (κ2) is 8.52. The second-order valence-electron chi connectivity index (χ2n) is 9.31. The third-order valence-corrected chi connectivity index (χ3v) is 8.42. The zero-order valence-electron chi connectivity index (χ0n) is 19.0. The molecule has 2 aromatic heterocycles. The summed E-state index contributed by atoms with van der Waals surface area (Å²) < 4.78 is 1.06. The van der Waals surface area contributed by atoms with E-state index in [0.717, 1.165) is 70.1 Å². The number of nitrogens with zero attached hydrogens (tertiary/aromatic N) is 4. The van der Waals surface area contributed by atoms with Gasteiger partial charge in [0, 0.05) is 59.1 Å². The number of thiophene rings is 1. The van der Waals surface area contributed by atoms with Gasteiger partial charge in [-0.1, -0.05) is 11.6 Å². The zero-order chi connectivity index (χ0) is 23.4. The Balaban J connectivity index is 1.44. The lowest BCUT2D eigenvalue weighted by Gasteiger charge is -2.38. The number of anilines is 1. The highest BCUT2D eigenvalue weighted by Gasteiger charge is 2.34. The first kappa shape index (κ1) is 21.8. The minimum atomic E-state index is -0.250. The molecule has 1 N–H and O–H groups in total. The standard InChI is InChI=1S/C25H26ClN5O2S/c1-29-14-22(32)31(25(29)33)13-18-11-21-24(34-18)19(5-7-28-21)20-10-16(26)9-15-3-2-8-30(23(15)20)17-4-6-27-12-17/h5,7,9-11,17,27H,2-4,6,8,12-14H2,1H3/t17-/m0/s1. The molecule has 176 valence electrons. The number of nitrogens with one attached hydrogen (secondary N) is 1. The van der Waals surface area contributed by atoms with Gasteiger partial charge in [-0.15, -0.1) is 11.3 Å². The highest BCUT2D eigenvalue weighted by Crippen LogP contribution is 2.44. The molecule has 34 heavy (non-hydrogen) atoms. The molecule has 1 aromatic carbocycles. The van der Waals surface area contributed by atoms with Crippen molar-refractivity contribution in [1.29, 1.82) is 0 Å². The Morgan fingerprint density at radius 1 is 1.24 bits per heavy atom. The summed E-state index contributed by atoms with van der Waals surface area (Å²) in [6.45, 7) is 3.51. The molecule has 3 aliphatic rings. The molecular weight excluding hydrogens is 470 g/mol. The first-order valence-electron chi connectivity index (χ1n) is 11.7. The van der Waals surface area contributed by atoms with Gasteiger partial charge in [0.25, 0.3) is 5.91 Å². The van der Waals surface area contributed by atoms with Crippen LogP contribution in [0.15, 0.2) is 30.5 Å². The fourth-order valence-electron chi connectivity index (χ4n) is 5.47. The molecule has 0 radical (unpaired) electrons. The van der Waals surface area contributed by atoms with Crippen LogP contribution in [0.25, 0.3) is 21.3 Å². The maximum atomic E-state index is 12.4. The smallest absolute Gasteiger partial charge is 0.327 e. The van der Waals surface area contributed by atoms with Gasteiger partial charge in [0.15, 0.2) is 0 Å². The fraction of sp³-hybridized carbons (Fsp3) is 0.400. The van der Waals surface area contributed by atoms with Crippen molar-refractivity contribution in [1.82, 2.24) is 20.1 Å². The SMILES string of the molecule is CN1CC(=O)N(Cc2cc3nccc(-c4cc(Cl)cc5c4N([C@H]4CCNC4)CCC5)c3s2)C1=O. The molecule has 0 bridgehead atoms. The molecule has 3 amide bonds. The number of amides is 3. The number of pyridine rings is 1. The molecule has 6 rings (SSSR count). The van der Waals surface area contributed by atoms with Crippen molar-refractivity contribution >= 4 is 50.8 Å². The van der Waals surface area contributed by atoms with E-state index >= 15 is 0 Å². The number of hydrogen-bond acceptors (Lipinski definition) is 6. The molecule has 0 spiro atoms. The van der Waals surface area contributed by atoms with E-state index in [-0.39, 0.29) is 25.0 Å². The fourth-order valence-corrected chi connectivity index (χ4v) is 6.84. The van der Waals surface area contributed by atoms with Gasteiger partial charge in [0.2, 0.25) is 0 Å². The summed E-state index contributed by atoms with van der Waals surface area (Å²) in [4.78, 5) is 35.6. The number of hydrogen-bond donors (Lipinski definition) is 1. The van der Waals surface area contributed by atoms with Crippen molar-refractivity contribution in [2.24, 2.45) is 0 Å². The van der Waals surface area contributed by atoms with Gasteiger partial charge < -0.3 is 15.1 Å². The van der Waals surface area contributed by atoms with Crippen LogP contribution in [0.1, 0.15) is 23.3 Å². The van der Waals surface area contributed by atoms with Gasteiger partial charge in [0.05, 0.1) is 16.8 Å². The molecule has 0 saturated carbocycles. The maximum Gasteiger partial charge on any atom is 0.327 e. The van der Waals surface area contributed by atoms with Gasteiger partial charge in [-0.25, -0.2) is 4.79 Å². The van der Waals surface area contributed by atoms with Gasteiger partial charge >= 0.3 is 6.03 Å². The van der Waals surface area contributed by atoms with Gasteiger partial charge in [0.1, 0.15) is 6.54 Å². The van der Waals surface area contributed by atoms with E-state index in [1.165, 1.54) is 21.1 Å². The number of benzene rings is 1. The Bertz CT molecular complexity index is 1300. The first-order chi connectivity index (χ1) is 16.5. The largest absolute Gasteiger partial charge is 0.366 e. The molecule has 0 aliphatic carbocycles. The average molecular weight is 496 g/mol. The topological polar surface area (TPSA) is 68.8 Å². The molecule has 3 aromatic rings. The minimum Gasteiger partial charge on any atom is -0.366 e. The number of carbonyl (C=O) groups is 2. The van der Waals surface area contributed by atoms with E-state index in [4.69, 9.17) is 11.6 Å². The average Bonchev–Trinajstić information content (AvgIpc) is 3.55. The lowest BCUT2D eigenvalue weighted by molar-refractivity contribution is -0.125. The number of likely N-dealkylation sites (N-methyl/N-ethyl adjacent to an activating group) is 1. The molecule has 7 nitrogen and oxygen atoms in total. The van der Waals surface area contributed by atoms with Crippen LogP contribution in [0.2, 0.25) is 5.02 Å². The summed E-state index contributed by atoms with van der Waals surface area (Å²) >= 11 is 8.23. The quantitative estimate of drug-likeness (QED) is 0.551. The first-order valence-corrected chi connectivity index (χ1v) is 12.9. The monoisotopic (exact) mass is 495 g/mol. The normalized spacial score (nSPS) is 20.6. The summed E-state index contributed by atoms with van der Waals surface area (Å²) in [6.07, 6.45) is 5.13. The van der Waals surface area contributed by atoms with E-state index in [9.17, 15) is 9.59 Å². The van der Waals surface area contributed by atoms with Crippen LogP contribution in [-0.2, 0) is 17.8 Å². The Kier molecular flexibility index (Phi) is 5.47. The van der Waals surface area contributed by atoms with E-state index in [1.807, 2.05) is 12.3 Å². The Morgan fingerprint density at radius 2 is 2.12 bits per heavy atom. The number of aryl methyl sites for hydroxylation is 1. The van der Waals surface area contributed by atoms with Gasteiger partial charge in [-0.05, 0) is 55.6 Å². The second-order valence-corrected chi connectivity index (χ2v) is 10.9. The number of carbonyl (C=O) groups excluding carboxylic acids is 2. The van der Waals surface area contributed by atoms with Crippen molar-refractivity contribution in [3.63, 3.8) is 0 Å². The number of halogens is 1. The third kappa shape index (κ3) is 3.65. The van der Waals surface area contributed by atoms with Crippen molar-refractivity contribution in [3.05, 3.63) is 45.9 Å². The molecule has 9 heteroatoms. The van der Waals surface area contributed by atoms with E-state index in [2.05, 4.69) is 33.4 Å². The number of urea groups is 1. The van der Waals surface area contributed by atoms with Crippen molar-refractivity contribution < 1.29 is 9.59 Å². The van der Waals surface area contributed by atoms with E-state index in [1.54, 1.807) is 18.4 Å². The maximum absolute atomic E-state index is 12.4. The molecule has 0 unspecified atom stereocenters. The van der Waals surface area contributed by atoms with Crippen LogP contribution in [0.5, 0.6) is 0 Å². The van der Waals surface area contributed by atoms with Crippen LogP contribution >= 0.6 is 22.9 Å². The van der Waals surface area contributed by atoms with Crippen molar-refractivity contribution in [3.8, 4) is 11.1 Å². The summed E-state index contributed by atoms with van der Waals surface area (Å²) in [6, 6.07) is 8.50. The summed E-state index contributed by atoms with van der Waals surface area (Å²) in [5, 5.41) is 4.26. The number of imide groups is 1. The zero-order valence-corrected chi connectivity index (χ0v) is 20.6. The van der Waals surface area contributed by atoms with Crippen LogP contribution in [0, 0.1) is 0 Å². The number of aromatic nitrogens is 1. The number of fused-ring (bicyclic) bond motifs is 2. The Labute approximate surface area is 207 Å². The predicted octanol–water partition coefficient (Wildman–Crippen LogP) is 4.13. The van der Waals surface area contributed by atoms with E-state index in [0.29, 0.717) is 6.04 Å². The highest BCUT2D eigenvalue weighted by molar-refractivity contribution is 7.19. The number of rotatable bonds is 4. The molecule has 2 saturated heterocycles. The summed E-state index contributed by atoms with van der Waals surface area (Å²) in [7, 11) is 1.65. The summed E-state index contributed by atoms with van der Waals surface area (Å²) in [5.41, 5.74) is 5.72. The Morgan fingerprint density at radius 3 is 2.88 bits per heavy atom. The predicted molar refractivity (Wildman–Crippen MR) is 136 cm³/mol. The molecule has 3 aliphatic heterocycles. The Hall–Kier alpha value is -2.68. The van der Waals surface area contributed by atoms with Crippen LogP contribution in [0.4, 0.5) is 10.5 Å². The summed E-state index contributed by atoms with van der Waals surface area (Å²) in [5.74, 6) is -0.164. The lowest BCUT2D eigenvalue weighted by Crippen LogP contribution is -2.40. The minimum absolute atomic E-state index is 0.133. The third-order valence-electron chi connectivity index (χ3n) is 7.06. The lowest BCUT2D eigenvalue weighted by atomic mass is 9.92. The van der Waals surface area contributed by atoms with Gasteiger partial charge in [-0.3, -0.25) is 14.7 Å².